The molecule has 8 heteroatoms. The monoisotopic (exact) mass is 436 g/mol. The predicted octanol–water partition coefficient (Wildman–Crippen LogP) is 0.889. The van der Waals surface area contributed by atoms with E-state index in [9.17, 15) is 20.4 Å². The minimum absolute atomic E-state index is 0.0771. The van der Waals surface area contributed by atoms with Crippen molar-refractivity contribution in [2.45, 2.75) is 95.8 Å². The topological polar surface area (TPSA) is 109 Å². The summed E-state index contributed by atoms with van der Waals surface area (Å²) >= 11 is 0. The summed E-state index contributed by atoms with van der Waals surface area (Å²) in [6.45, 7) is 8.40. The van der Waals surface area contributed by atoms with E-state index >= 15 is 0 Å². The Morgan fingerprint density at radius 1 is 1.00 bits per heavy atom. The number of aliphatic hydroxyl groups excluding tert-OH is 3. The summed E-state index contributed by atoms with van der Waals surface area (Å²) in [6, 6.07) is 0. The fourth-order valence-electron chi connectivity index (χ4n) is 4.25. The van der Waals surface area contributed by atoms with Crippen molar-refractivity contribution in [3.8, 4) is 0 Å². The lowest BCUT2D eigenvalue weighted by molar-refractivity contribution is -0.873. The van der Waals surface area contributed by atoms with Crippen LogP contribution in [-0.4, -0.2) is 108 Å². The van der Waals surface area contributed by atoms with E-state index in [-0.39, 0.29) is 19.3 Å². The Balaban J connectivity index is 2.95. The number of ether oxygens (including phenoxy) is 3. The third kappa shape index (κ3) is 7.67. The Morgan fingerprint density at radius 2 is 1.57 bits per heavy atom. The fraction of sp³-hybridized carbons (Fsp3) is 1.00. The lowest BCUT2D eigenvalue weighted by atomic mass is 9.73. The summed E-state index contributed by atoms with van der Waals surface area (Å²) in [5.74, 6) is -0.736. The van der Waals surface area contributed by atoms with Crippen molar-refractivity contribution in [3.05, 3.63) is 0 Å². The Kier molecular flexibility index (Phi) is 11.1. The van der Waals surface area contributed by atoms with Crippen LogP contribution in [0.3, 0.4) is 0 Å². The molecule has 1 fully saturated rings. The average Bonchev–Trinajstić information content (AvgIpc) is 2.67. The SMILES string of the molecule is CCC(CC)OC1OC(COCC(O)C[N+](C)(C)C)C(C(O)(CC)CC)C(O)C1O. The van der Waals surface area contributed by atoms with Crippen LogP contribution in [0.15, 0.2) is 0 Å². The van der Waals surface area contributed by atoms with Crippen LogP contribution in [0.2, 0.25) is 0 Å². The molecule has 30 heavy (non-hydrogen) atoms. The molecule has 0 spiro atoms. The largest absolute Gasteiger partial charge is 0.390 e. The van der Waals surface area contributed by atoms with Crippen LogP contribution in [-0.2, 0) is 14.2 Å². The number of hydrogen-bond donors (Lipinski definition) is 4. The Morgan fingerprint density at radius 3 is 2.03 bits per heavy atom. The maximum absolute atomic E-state index is 11.1. The van der Waals surface area contributed by atoms with E-state index in [0.29, 0.717) is 23.9 Å². The van der Waals surface area contributed by atoms with E-state index in [0.717, 1.165) is 12.8 Å². The second kappa shape index (κ2) is 12.1. The van der Waals surface area contributed by atoms with Gasteiger partial charge in [0.25, 0.3) is 0 Å². The third-order valence-electron chi connectivity index (χ3n) is 6.14. The van der Waals surface area contributed by atoms with Gasteiger partial charge >= 0.3 is 0 Å². The highest BCUT2D eigenvalue weighted by molar-refractivity contribution is 4.99. The molecule has 0 saturated carbocycles. The van der Waals surface area contributed by atoms with Crippen LogP contribution in [0.4, 0.5) is 0 Å². The number of likely N-dealkylation sites (N-methyl/N-ethyl adjacent to an activating group) is 1. The van der Waals surface area contributed by atoms with E-state index in [1.54, 1.807) is 0 Å². The number of rotatable bonds is 13. The smallest absolute Gasteiger partial charge is 0.186 e. The first-order chi connectivity index (χ1) is 13.9. The third-order valence-corrected chi connectivity index (χ3v) is 6.14. The van der Waals surface area contributed by atoms with Gasteiger partial charge in [-0.15, -0.1) is 0 Å². The van der Waals surface area contributed by atoms with Crippen molar-refractivity contribution in [1.29, 1.82) is 0 Å². The van der Waals surface area contributed by atoms with Gasteiger partial charge in [-0.3, -0.25) is 0 Å². The van der Waals surface area contributed by atoms with Gasteiger partial charge in [-0.25, -0.2) is 0 Å². The molecule has 1 aliphatic heterocycles. The molecule has 0 aromatic rings. The quantitative estimate of drug-likeness (QED) is 0.318. The zero-order valence-electron chi connectivity index (χ0n) is 20.0. The molecule has 1 rings (SSSR count). The molecular weight excluding hydrogens is 390 g/mol. The molecule has 0 aromatic carbocycles. The number of quaternary nitrogens is 1. The predicted molar refractivity (Wildman–Crippen MR) is 115 cm³/mol. The Bertz CT molecular complexity index is 477. The molecule has 1 saturated heterocycles. The molecule has 4 N–H and O–H groups in total. The molecule has 6 unspecified atom stereocenters. The van der Waals surface area contributed by atoms with Crippen molar-refractivity contribution >= 4 is 0 Å². The van der Waals surface area contributed by atoms with Crippen molar-refractivity contribution < 1.29 is 39.1 Å². The van der Waals surface area contributed by atoms with E-state index < -0.39 is 42.2 Å². The summed E-state index contributed by atoms with van der Waals surface area (Å²) < 4.78 is 18.3. The standard InChI is InChI=1S/C22H46NO7/c1-8-16(9-2)29-21-20(26)19(25)18(22(27,10-3)11-4)17(30-21)14-28-13-15(24)12-23(5,6)7/h15-21,24-27H,8-14H2,1-7H3/q+1. The minimum Gasteiger partial charge on any atom is -0.390 e. The fourth-order valence-corrected chi connectivity index (χ4v) is 4.25. The van der Waals surface area contributed by atoms with Crippen molar-refractivity contribution in [2.75, 3.05) is 40.9 Å². The Hall–Kier alpha value is -0.320. The molecule has 0 bridgehead atoms. The molecule has 180 valence electrons. The van der Waals surface area contributed by atoms with E-state index in [4.69, 9.17) is 14.2 Å². The lowest BCUT2D eigenvalue weighted by Gasteiger charge is -2.49. The number of nitrogens with zero attached hydrogens (tertiary/aromatic N) is 1. The first-order valence-corrected chi connectivity index (χ1v) is 11.4. The van der Waals surface area contributed by atoms with Crippen LogP contribution in [0.1, 0.15) is 53.4 Å². The second-order valence-electron chi connectivity index (χ2n) is 9.60. The summed E-state index contributed by atoms with van der Waals surface area (Å²) in [6.07, 6.45) is -2.57. The number of aliphatic hydroxyl groups is 4. The van der Waals surface area contributed by atoms with E-state index in [2.05, 4.69) is 0 Å². The van der Waals surface area contributed by atoms with Crippen LogP contribution < -0.4 is 0 Å². The van der Waals surface area contributed by atoms with E-state index in [1.807, 2.05) is 48.8 Å². The van der Waals surface area contributed by atoms with Gasteiger partial charge in [0.1, 0.15) is 18.8 Å². The zero-order valence-corrected chi connectivity index (χ0v) is 20.0. The highest BCUT2D eigenvalue weighted by Crippen LogP contribution is 2.38. The van der Waals surface area contributed by atoms with Crippen LogP contribution in [0.25, 0.3) is 0 Å². The van der Waals surface area contributed by atoms with Gasteiger partial charge in [-0.1, -0.05) is 27.7 Å². The van der Waals surface area contributed by atoms with Gasteiger partial charge in [0, 0.05) is 5.92 Å². The molecule has 8 nitrogen and oxygen atoms in total. The lowest BCUT2D eigenvalue weighted by Crippen LogP contribution is -2.63. The van der Waals surface area contributed by atoms with Gasteiger partial charge in [-0.05, 0) is 25.7 Å². The summed E-state index contributed by atoms with van der Waals surface area (Å²) in [5.41, 5.74) is -1.21. The molecule has 1 aliphatic rings. The zero-order chi connectivity index (χ0) is 23.1. The highest BCUT2D eigenvalue weighted by atomic mass is 16.7. The summed E-state index contributed by atoms with van der Waals surface area (Å²) in [5, 5.41) is 42.9. The summed E-state index contributed by atoms with van der Waals surface area (Å²) in [4.78, 5) is 0. The number of hydrogen-bond acceptors (Lipinski definition) is 7. The van der Waals surface area contributed by atoms with Crippen molar-refractivity contribution in [1.82, 2.24) is 0 Å². The van der Waals surface area contributed by atoms with Gasteiger partial charge in [0.2, 0.25) is 0 Å². The normalized spacial score (nSPS) is 29.4. The molecule has 0 aromatic heterocycles. The molecule has 1 heterocycles. The minimum atomic E-state index is -1.26. The maximum Gasteiger partial charge on any atom is 0.186 e. The molecule has 0 amide bonds. The van der Waals surface area contributed by atoms with Crippen molar-refractivity contribution in [3.63, 3.8) is 0 Å². The van der Waals surface area contributed by atoms with Gasteiger partial charge in [0.05, 0.1) is 58.3 Å². The molecule has 6 atom stereocenters. The van der Waals surface area contributed by atoms with Crippen LogP contribution in [0.5, 0.6) is 0 Å². The van der Waals surface area contributed by atoms with Gasteiger partial charge < -0.3 is 39.1 Å². The highest BCUT2D eigenvalue weighted by Gasteiger charge is 2.53. The second-order valence-corrected chi connectivity index (χ2v) is 9.60. The molecule has 0 aliphatic carbocycles. The van der Waals surface area contributed by atoms with Crippen LogP contribution >= 0.6 is 0 Å². The first kappa shape index (κ1) is 27.7. The van der Waals surface area contributed by atoms with Crippen LogP contribution in [0, 0.1) is 5.92 Å². The van der Waals surface area contributed by atoms with Gasteiger partial charge in [0.15, 0.2) is 6.29 Å². The first-order valence-electron chi connectivity index (χ1n) is 11.4. The molecule has 0 radical (unpaired) electrons. The molecular formula is C22H46NO7+. The van der Waals surface area contributed by atoms with E-state index in [1.165, 1.54) is 0 Å². The maximum atomic E-state index is 11.1. The van der Waals surface area contributed by atoms with Gasteiger partial charge in [-0.2, -0.15) is 0 Å². The summed E-state index contributed by atoms with van der Waals surface area (Å²) in [7, 11) is 5.97. The average molecular weight is 437 g/mol. The van der Waals surface area contributed by atoms with Crippen molar-refractivity contribution in [2.24, 2.45) is 5.92 Å². The Labute approximate surface area is 182 Å².